The number of pyridine rings is 1. The number of nitrogens with one attached hydrogen (secondary N) is 1. The quantitative estimate of drug-likeness (QED) is 0.519. The maximum atomic E-state index is 13.3. The summed E-state index contributed by atoms with van der Waals surface area (Å²) in [5, 5.41) is 3.83. The van der Waals surface area contributed by atoms with Crippen molar-refractivity contribution in [3.05, 3.63) is 90.0 Å². The van der Waals surface area contributed by atoms with Gasteiger partial charge < -0.3 is 10.1 Å². The van der Waals surface area contributed by atoms with Crippen LogP contribution in [-0.4, -0.2) is 18.0 Å². The molecule has 138 valence electrons. The smallest absolute Gasteiger partial charge is 0.256 e. The fraction of sp³-hybridized carbons (Fsp3) is 0.0833. The summed E-state index contributed by atoms with van der Waals surface area (Å²) >= 11 is 0. The summed E-state index contributed by atoms with van der Waals surface area (Å²) in [6.45, 7) is 1.95. The molecule has 0 radical (unpaired) electrons. The Morgan fingerprint density at radius 3 is 2.46 bits per heavy atom. The monoisotopic (exact) mass is 368 g/mol. The average molecular weight is 368 g/mol. The van der Waals surface area contributed by atoms with Crippen molar-refractivity contribution >= 4 is 22.5 Å². The molecule has 4 nitrogen and oxygen atoms in total. The molecule has 4 rings (SSSR count). The minimum Gasteiger partial charge on any atom is -0.497 e. The van der Waals surface area contributed by atoms with Crippen LogP contribution in [0, 0.1) is 6.92 Å². The van der Waals surface area contributed by atoms with E-state index < -0.39 is 0 Å². The topological polar surface area (TPSA) is 51.2 Å². The zero-order valence-electron chi connectivity index (χ0n) is 15.8. The highest BCUT2D eigenvalue weighted by Crippen LogP contribution is 2.30. The van der Waals surface area contributed by atoms with Crippen molar-refractivity contribution in [1.82, 2.24) is 4.98 Å². The van der Waals surface area contributed by atoms with Crippen LogP contribution < -0.4 is 10.1 Å². The summed E-state index contributed by atoms with van der Waals surface area (Å²) in [6.07, 6.45) is 0. The molecule has 3 aromatic carbocycles. The molecule has 4 aromatic rings. The van der Waals surface area contributed by atoms with Gasteiger partial charge in [-0.15, -0.1) is 0 Å². The number of benzene rings is 3. The van der Waals surface area contributed by atoms with Crippen LogP contribution >= 0.6 is 0 Å². The predicted molar refractivity (Wildman–Crippen MR) is 113 cm³/mol. The van der Waals surface area contributed by atoms with Crippen LogP contribution in [0.15, 0.2) is 78.9 Å². The lowest BCUT2D eigenvalue weighted by atomic mass is 9.97. The molecule has 0 aliphatic rings. The third-order valence-corrected chi connectivity index (χ3v) is 4.74. The van der Waals surface area contributed by atoms with Crippen LogP contribution in [0.1, 0.15) is 15.9 Å². The summed E-state index contributed by atoms with van der Waals surface area (Å²) in [4.78, 5) is 18.1. The van der Waals surface area contributed by atoms with Crippen molar-refractivity contribution in [3.8, 4) is 17.0 Å². The minimum atomic E-state index is -0.165. The molecule has 0 spiro atoms. The van der Waals surface area contributed by atoms with Crippen molar-refractivity contribution in [1.29, 1.82) is 0 Å². The molecule has 1 heterocycles. The molecule has 0 aliphatic carbocycles. The molecule has 0 bridgehead atoms. The lowest BCUT2D eigenvalue weighted by Gasteiger charge is -2.15. The fourth-order valence-electron chi connectivity index (χ4n) is 3.37. The van der Waals surface area contributed by atoms with Crippen LogP contribution in [0.25, 0.3) is 22.2 Å². The first-order valence-electron chi connectivity index (χ1n) is 9.07. The Kier molecular flexibility index (Phi) is 4.77. The first-order chi connectivity index (χ1) is 13.7. The Labute approximate surface area is 163 Å². The third-order valence-electron chi connectivity index (χ3n) is 4.74. The summed E-state index contributed by atoms with van der Waals surface area (Å²) in [5.74, 6) is 0.528. The van der Waals surface area contributed by atoms with Gasteiger partial charge in [0, 0.05) is 22.7 Å². The van der Waals surface area contributed by atoms with Crippen LogP contribution in [-0.2, 0) is 0 Å². The Morgan fingerprint density at radius 1 is 0.929 bits per heavy atom. The summed E-state index contributed by atoms with van der Waals surface area (Å²) in [6, 6.07) is 25.0. The van der Waals surface area contributed by atoms with E-state index in [1.54, 1.807) is 13.2 Å². The largest absolute Gasteiger partial charge is 0.497 e. The van der Waals surface area contributed by atoms with E-state index in [0.29, 0.717) is 17.0 Å². The standard InChI is InChI=1S/C24H20N2O2/c1-16-22(24(27)25-18-11-8-12-19(15-18)28-2)20-13-6-7-14-21(20)26-23(16)17-9-4-3-5-10-17/h3-15H,1-2H3,(H,25,27). The molecule has 28 heavy (non-hydrogen) atoms. The fourth-order valence-corrected chi connectivity index (χ4v) is 3.37. The second-order valence-corrected chi connectivity index (χ2v) is 6.53. The van der Waals surface area contributed by atoms with Crippen LogP contribution in [0.3, 0.4) is 0 Å². The number of amides is 1. The molecule has 0 unspecified atom stereocenters. The number of hydrogen-bond donors (Lipinski definition) is 1. The first kappa shape index (κ1) is 17.7. The van der Waals surface area contributed by atoms with Crippen molar-refractivity contribution in [2.45, 2.75) is 6.92 Å². The Morgan fingerprint density at radius 2 is 1.68 bits per heavy atom. The molecule has 1 aromatic heterocycles. The molecule has 1 amide bonds. The second kappa shape index (κ2) is 7.53. The highest BCUT2D eigenvalue weighted by atomic mass is 16.5. The van der Waals surface area contributed by atoms with Gasteiger partial charge in [0.05, 0.1) is 23.9 Å². The molecular weight excluding hydrogens is 348 g/mol. The van der Waals surface area contributed by atoms with Crippen molar-refractivity contribution in [3.63, 3.8) is 0 Å². The van der Waals surface area contributed by atoms with Crippen molar-refractivity contribution < 1.29 is 9.53 Å². The number of carbonyl (C=O) groups excluding carboxylic acids is 1. The number of nitrogens with zero attached hydrogens (tertiary/aromatic N) is 1. The van der Waals surface area contributed by atoms with E-state index in [4.69, 9.17) is 9.72 Å². The number of hydrogen-bond acceptors (Lipinski definition) is 3. The summed E-state index contributed by atoms with van der Waals surface area (Å²) < 4.78 is 5.25. The number of rotatable bonds is 4. The van der Waals surface area contributed by atoms with E-state index >= 15 is 0 Å². The van der Waals surface area contributed by atoms with Crippen LogP contribution in [0.2, 0.25) is 0 Å². The highest BCUT2D eigenvalue weighted by molar-refractivity contribution is 6.14. The number of ether oxygens (including phenoxy) is 1. The van der Waals surface area contributed by atoms with E-state index in [2.05, 4.69) is 5.32 Å². The van der Waals surface area contributed by atoms with Gasteiger partial charge in [-0.05, 0) is 30.7 Å². The van der Waals surface area contributed by atoms with Gasteiger partial charge in [0.15, 0.2) is 0 Å². The summed E-state index contributed by atoms with van der Waals surface area (Å²) in [7, 11) is 1.60. The maximum absolute atomic E-state index is 13.3. The number of aromatic nitrogens is 1. The zero-order valence-corrected chi connectivity index (χ0v) is 15.8. The van der Waals surface area contributed by atoms with E-state index in [0.717, 1.165) is 27.7 Å². The number of carbonyl (C=O) groups is 1. The van der Waals surface area contributed by atoms with E-state index in [1.165, 1.54) is 0 Å². The van der Waals surface area contributed by atoms with Gasteiger partial charge in [-0.25, -0.2) is 4.98 Å². The van der Waals surface area contributed by atoms with Gasteiger partial charge in [-0.2, -0.15) is 0 Å². The normalized spacial score (nSPS) is 10.6. The number of methoxy groups -OCH3 is 1. The third kappa shape index (κ3) is 3.32. The molecule has 4 heteroatoms. The van der Waals surface area contributed by atoms with Gasteiger partial charge in [-0.1, -0.05) is 54.6 Å². The van der Waals surface area contributed by atoms with Crippen molar-refractivity contribution in [2.75, 3.05) is 12.4 Å². The van der Waals surface area contributed by atoms with E-state index in [-0.39, 0.29) is 5.91 Å². The Balaban J connectivity index is 1.85. The second-order valence-electron chi connectivity index (χ2n) is 6.53. The number of anilines is 1. The van der Waals surface area contributed by atoms with Crippen molar-refractivity contribution in [2.24, 2.45) is 0 Å². The van der Waals surface area contributed by atoms with Gasteiger partial charge in [0.1, 0.15) is 5.75 Å². The lowest BCUT2D eigenvalue weighted by molar-refractivity contribution is 0.102. The molecule has 0 saturated carbocycles. The van der Waals surface area contributed by atoms with Gasteiger partial charge in [-0.3, -0.25) is 4.79 Å². The van der Waals surface area contributed by atoms with E-state index in [9.17, 15) is 4.79 Å². The number of fused-ring (bicyclic) bond motifs is 1. The molecule has 1 N–H and O–H groups in total. The molecule has 0 fully saturated rings. The predicted octanol–water partition coefficient (Wildman–Crippen LogP) is 5.47. The van der Waals surface area contributed by atoms with E-state index in [1.807, 2.05) is 79.7 Å². The highest BCUT2D eigenvalue weighted by Gasteiger charge is 2.19. The number of para-hydroxylation sites is 1. The molecule has 0 saturated heterocycles. The average Bonchev–Trinajstić information content (AvgIpc) is 2.74. The molecule has 0 aliphatic heterocycles. The molecule has 0 atom stereocenters. The molecular formula is C24H20N2O2. The van der Waals surface area contributed by atoms with Crippen LogP contribution in [0.5, 0.6) is 5.75 Å². The first-order valence-corrected chi connectivity index (χ1v) is 9.07. The SMILES string of the molecule is COc1cccc(NC(=O)c2c(C)c(-c3ccccc3)nc3ccccc23)c1. The summed E-state index contributed by atoms with van der Waals surface area (Å²) in [5.41, 5.74) is 4.77. The zero-order chi connectivity index (χ0) is 19.5. The lowest BCUT2D eigenvalue weighted by Crippen LogP contribution is -2.15. The maximum Gasteiger partial charge on any atom is 0.256 e. The Bertz CT molecular complexity index is 1150. The minimum absolute atomic E-state index is 0.165. The van der Waals surface area contributed by atoms with Crippen LogP contribution in [0.4, 0.5) is 5.69 Å². The van der Waals surface area contributed by atoms with Gasteiger partial charge in [0.2, 0.25) is 0 Å². The van der Waals surface area contributed by atoms with Gasteiger partial charge >= 0.3 is 0 Å². The van der Waals surface area contributed by atoms with Gasteiger partial charge in [0.25, 0.3) is 5.91 Å². The Hall–Kier alpha value is -3.66.